The Bertz CT molecular complexity index is 1300. The first-order valence-corrected chi connectivity index (χ1v) is 11.9. The average molecular weight is 526 g/mol. The molecule has 4 rings (SSSR count). The molecule has 1 N–H and O–H groups in total. The van der Waals surface area contributed by atoms with Crippen molar-refractivity contribution in [1.29, 1.82) is 0 Å². The van der Waals surface area contributed by atoms with Gasteiger partial charge in [0.05, 0.1) is 21.4 Å². The van der Waals surface area contributed by atoms with E-state index in [1.54, 1.807) is 25.2 Å². The van der Waals surface area contributed by atoms with Gasteiger partial charge in [-0.1, -0.05) is 77.8 Å². The number of hydrogen-bond donors (Lipinski definition) is 1. The van der Waals surface area contributed by atoms with E-state index >= 15 is 0 Å². The number of methoxy groups -OCH3 is 2. The van der Waals surface area contributed by atoms with Crippen LogP contribution in [0.3, 0.4) is 0 Å². The summed E-state index contributed by atoms with van der Waals surface area (Å²) in [6, 6.07) is 21.9. The number of para-hydroxylation sites is 1. The fraction of sp³-hybridized carbons (Fsp3) is 0.222. The smallest absolute Gasteiger partial charge is 0.272 e. The number of amides is 2. The van der Waals surface area contributed by atoms with Crippen molar-refractivity contribution >= 4 is 46.4 Å². The van der Waals surface area contributed by atoms with E-state index in [1.165, 1.54) is 19.1 Å². The van der Waals surface area contributed by atoms with Crippen LogP contribution in [0.5, 0.6) is 0 Å². The number of rotatable bonds is 7. The van der Waals surface area contributed by atoms with Crippen molar-refractivity contribution in [2.45, 2.75) is 18.4 Å². The Morgan fingerprint density at radius 2 is 1.67 bits per heavy atom. The third-order valence-corrected chi connectivity index (χ3v) is 6.72. The minimum Gasteiger partial charge on any atom is -0.373 e. The molecule has 0 bridgehead atoms. The van der Waals surface area contributed by atoms with Gasteiger partial charge in [0.15, 0.2) is 6.10 Å². The highest BCUT2D eigenvalue weighted by atomic mass is 35.5. The van der Waals surface area contributed by atoms with E-state index in [1.807, 2.05) is 54.6 Å². The summed E-state index contributed by atoms with van der Waals surface area (Å²) in [6.45, 7) is 0. The Hall–Kier alpha value is -3.23. The highest BCUT2D eigenvalue weighted by molar-refractivity contribution is 6.42. The second-order valence-electron chi connectivity index (χ2n) is 8.16. The van der Waals surface area contributed by atoms with Crippen molar-refractivity contribution in [3.63, 3.8) is 0 Å². The number of halogens is 2. The van der Waals surface area contributed by atoms with E-state index in [0.29, 0.717) is 27.0 Å². The van der Waals surface area contributed by atoms with Gasteiger partial charge < -0.3 is 19.7 Å². The average Bonchev–Trinajstić information content (AvgIpc) is 3.00. The molecular weight excluding hydrogens is 501 g/mol. The van der Waals surface area contributed by atoms with Gasteiger partial charge in [0.25, 0.3) is 11.8 Å². The zero-order chi connectivity index (χ0) is 25.8. The fourth-order valence-electron chi connectivity index (χ4n) is 4.15. The quantitative estimate of drug-likeness (QED) is 0.486. The van der Waals surface area contributed by atoms with Gasteiger partial charge in [-0.15, -0.1) is 0 Å². The van der Waals surface area contributed by atoms with Crippen LogP contribution >= 0.6 is 23.2 Å². The monoisotopic (exact) mass is 525 g/mol. The number of benzodiazepines with no additional fused rings is 1. The van der Waals surface area contributed by atoms with Crippen molar-refractivity contribution in [1.82, 2.24) is 5.32 Å². The maximum atomic E-state index is 13.4. The normalized spacial score (nSPS) is 17.0. The molecular formula is C27H25Cl2N3O4. The molecule has 0 aromatic heterocycles. The van der Waals surface area contributed by atoms with Crippen molar-refractivity contribution in [2.75, 3.05) is 26.2 Å². The lowest BCUT2D eigenvalue weighted by Gasteiger charge is -2.27. The lowest BCUT2D eigenvalue weighted by Crippen LogP contribution is -2.50. The van der Waals surface area contributed by atoms with Gasteiger partial charge in [0.1, 0.15) is 6.10 Å². The number of carbonyl (C=O) groups excluding carboxylic acids is 2. The lowest BCUT2D eigenvalue weighted by atomic mass is 10.0. The van der Waals surface area contributed by atoms with Crippen LogP contribution in [0.4, 0.5) is 5.69 Å². The van der Waals surface area contributed by atoms with Crippen LogP contribution in [0.15, 0.2) is 77.8 Å². The van der Waals surface area contributed by atoms with Gasteiger partial charge in [-0.3, -0.25) is 9.59 Å². The van der Waals surface area contributed by atoms with Crippen LogP contribution in [-0.2, 0) is 19.1 Å². The highest BCUT2D eigenvalue weighted by Crippen LogP contribution is 2.30. The summed E-state index contributed by atoms with van der Waals surface area (Å²) in [5.41, 5.74) is 3.48. The molecule has 3 atom stereocenters. The number of nitrogens with zero attached hydrogens (tertiary/aromatic N) is 2. The van der Waals surface area contributed by atoms with Crippen molar-refractivity contribution in [3.8, 4) is 0 Å². The van der Waals surface area contributed by atoms with Crippen LogP contribution in [0.25, 0.3) is 0 Å². The molecule has 1 aliphatic rings. The maximum Gasteiger partial charge on any atom is 0.272 e. The summed E-state index contributed by atoms with van der Waals surface area (Å²) in [5, 5.41) is 3.45. The van der Waals surface area contributed by atoms with Crippen LogP contribution in [0, 0.1) is 0 Å². The van der Waals surface area contributed by atoms with E-state index in [0.717, 1.165) is 11.1 Å². The summed E-state index contributed by atoms with van der Waals surface area (Å²) in [7, 11) is 4.51. The Morgan fingerprint density at radius 3 is 2.33 bits per heavy atom. The SMILES string of the molecule is CO[C@@H](C(=O)N[C@H]1N=C(c2ccccc2)c2ccccc2N(C)C1=O)[C@@H](OC)c1ccc(Cl)c(Cl)c1. The topological polar surface area (TPSA) is 80.2 Å². The van der Waals surface area contributed by atoms with E-state index in [-0.39, 0.29) is 5.91 Å². The van der Waals surface area contributed by atoms with Gasteiger partial charge in [-0.25, -0.2) is 4.99 Å². The van der Waals surface area contributed by atoms with Gasteiger partial charge in [0.2, 0.25) is 6.17 Å². The van der Waals surface area contributed by atoms with E-state index in [2.05, 4.69) is 5.32 Å². The number of aliphatic imine (C=N–C) groups is 1. The first-order chi connectivity index (χ1) is 17.3. The Labute approximate surface area is 219 Å². The summed E-state index contributed by atoms with van der Waals surface area (Å²) in [4.78, 5) is 33.1. The van der Waals surface area contributed by atoms with Crippen LogP contribution < -0.4 is 10.2 Å². The molecule has 2 amide bonds. The third kappa shape index (κ3) is 5.15. The number of fused-ring (bicyclic) bond motifs is 1. The number of benzene rings is 3. The van der Waals surface area contributed by atoms with Gasteiger partial charge >= 0.3 is 0 Å². The number of carbonyl (C=O) groups is 2. The van der Waals surface area contributed by atoms with Crippen LogP contribution in [-0.4, -0.2) is 51.1 Å². The second kappa shape index (κ2) is 11.2. The van der Waals surface area contributed by atoms with Crippen molar-refractivity contribution in [2.24, 2.45) is 4.99 Å². The lowest BCUT2D eigenvalue weighted by molar-refractivity contribution is -0.142. The van der Waals surface area contributed by atoms with E-state index < -0.39 is 24.3 Å². The minimum atomic E-state index is -1.19. The van der Waals surface area contributed by atoms with Gasteiger partial charge in [0, 0.05) is 32.4 Å². The largest absolute Gasteiger partial charge is 0.373 e. The van der Waals surface area contributed by atoms with Crippen molar-refractivity contribution < 1.29 is 19.1 Å². The minimum absolute atomic E-state index is 0.321. The number of ether oxygens (including phenoxy) is 2. The molecule has 1 aliphatic heterocycles. The maximum absolute atomic E-state index is 13.4. The van der Waals surface area contributed by atoms with Crippen LogP contribution in [0.1, 0.15) is 22.8 Å². The fourth-order valence-corrected chi connectivity index (χ4v) is 4.46. The van der Waals surface area contributed by atoms with Crippen LogP contribution in [0.2, 0.25) is 10.0 Å². The summed E-state index contributed by atoms with van der Waals surface area (Å²) >= 11 is 12.2. The zero-order valence-electron chi connectivity index (χ0n) is 19.9. The van der Waals surface area contributed by atoms with Gasteiger partial charge in [-0.2, -0.15) is 0 Å². The molecule has 0 aliphatic carbocycles. The molecule has 3 aromatic carbocycles. The summed E-state index contributed by atoms with van der Waals surface area (Å²) in [6.07, 6.45) is -3.08. The highest BCUT2D eigenvalue weighted by Gasteiger charge is 2.36. The Kier molecular flexibility index (Phi) is 8.06. The molecule has 0 fully saturated rings. The third-order valence-electron chi connectivity index (χ3n) is 5.98. The Morgan fingerprint density at radius 1 is 0.972 bits per heavy atom. The predicted octanol–water partition coefficient (Wildman–Crippen LogP) is 4.65. The Balaban J connectivity index is 1.70. The molecule has 0 spiro atoms. The predicted molar refractivity (Wildman–Crippen MR) is 141 cm³/mol. The number of likely N-dealkylation sites (N-methyl/N-ethyl adjacent to an activating group) is 1. The van der Waals surface area contributed by atoms with E-state index in [4.69, 9.17) is 37.7 Å². The summed E-state index contributed by atoms with van der Waals surface area (Å²) in [5.74, 6) is -0.954. The molecule has 36 heavy (non-hydrogen) atoms. The second-order valence-corrected chi connectivity index (χ2v) is 8.97. The molecule has 3 aromatic rings. The van der Waals surface area contributed by atoms with Crippen molar-refractivity contribution in [3.05, 3.63) is 99.5 Å². The first kappa shape index (κ1) is 25.9. The molecule has 0 saturated carbocycles. The number of anilines is 1. The number of nitrogens with one attached hydrogen (secondary N) is 1. The molecule has 0 radical (unpaired) electrons. The molecule has 0 saturated heterocycles. The zero-order valence-corrected chi connectivity index (χ0v) is 21.5. The molecule has 9 heteroatoms. The number of hydrogen-bond acceptors (Lipinski definition) is 5. The molecule has 186 valence electrons. The van der Waals surface area contributed by atoms with Gasteiger partial charge in [-0.05, 0) is 23.8 Å². The molecule has 7 nitrogen and oxygen atoms in total. The first-order valence-electron chi connectivity index (χ1n) is 11.2. The standard InChI is InChI=1S/C27H25Cl2N3O4/c1-32-21-12-8-7-11-18(21)22(16-9-5-4-6-10-16)30-25(27(32)34)31-26(33)24(36-3)23(35-2)17-13-14-19(28)20(29)15-17/h4-15,23-25H,1-3H3,(H,31,33)/t23-,24+,25+/m0/s1. The molecule has 1 heterocycles. The molecule has 0 unspecified atom stereocenters. The summed E-state index contributed by atoms with van der Waals surface area (Å²) < 4.78 is 11.1. The van der Waals surface area contributed by atoms with E-state index in [9.17, 15) is 9.59 Å².